The SMILES string of the molecule is CC(=NO)c1ccc(CCn2cnc3c(N)nc4ccccc4c32)cc1. The normalized spacial score (nSPS) is 12.1. The number of anilines is 1. The van der Waals surface area contributed by atoms with Gasteiger partial charge in [-0.05, 0) is 30.5 Å². The minimum absolute atomic E-state index is 0.459. The van der Waals surface area contributed by atoms with Gasteiger partial charge in [0.25, 0.3) is 0 Å². The van der Waals surface area contributed by atoms with E-state index < -0.39 is 0 Å². The molecule has 2 aromatic heterocycles. The number of para-hydroxylation sites is 1. The van der Waals surface area contributed by atoms with Crippen LogP contribution in [0.5, 0.6) is 0 Å². The molecular weight excluding hydrogens is 326 g/mol. The van der Waals surface area contributed by atoms with Gasteiger partial charge in [0.05, 0.1) is 23.1 Å². The molecular formula is C20H19N5O. The molecule has 2 aromatic carbocycles. The third-order valence-corrected chi connectivity index (χ3v) is 4.64. The van der Waals surface area contributed by atoms with Crippen molar-refractivity contribution < 1.29 is 5.21 Å². The summed E-state index contributed by atoms with van der Waals surface area (Å²) in [4.78, 5) is 8.90. The molecule has 0 saturated carbocycles. The van der Waals surface area contributed by atoms with Crippen molar-refractivity contribution >= 4 is 33.5 Å². The van der Waals surface area contributed by atoms with Crippen LogP contribution in [0.4, 0.5) is 5.82 Å². The second kappa shape index (κ2) is 6.48. The first-order chi connectivity index (χ1) is 12.7. The molecule has 0 unspecified atom stereocenters. The molecule has 3 N–H and O–H groups in total. The summed E-state index contributed by atoms with van der Waals surface area (Å²) in [6.45, 7) is 2.56. The molecule has 0 fully saturated rings. The Balaban J connectivity index is 1.66. The highest BCUT2D eigenvalue weighted by atomic mass is 16.4. The maximum absolute atomic E-state index is 8.86. The van der Waals surface area contributed by atoms with Gasteiger partial charge in [0.2, 0.25) is 0 Å². The third kappa shape index (κ3) is 2.75. The van der Waals surface area contributed by atoms with Crippen LogP contribution in [0.25, 0.3) is 21.9 Å². The van der Waals surface area contributed by atoms with E-state index in [0.29, 0.717) is 11.5 Å². The quantitative estimate of drug-likeness (QED) is 0.336. The number of rotatable bonds is 4. The Labute approximate surface area is 150 Å². The van der Waals surface area contributed by atoms with Crippen LogP contribution in [0.3, 0.4) is 0 Å². The molecule has 0 spiro atoms. The van der Waals surface area contributed by atoms with E-state index in [2.05, 4.69) is 31.8 Å². The average molecular weight is 345 g/mol. The van der Waals surface area contributed by atoms with E-state index in [1.807, 2.05) is 42.7 Å². The zero-order valence-corrected chi connectivity index (χ0v) is 14.4. The fraction of sp³-hybridized carbons (Fsp3) is 0.150. The molecule has 26 heavy (non-hydrogen) atoms. The number of imidazole rings is 1. The van der Waals surface area contributed by atoms with Crippen molar-refractivity contribution in [3.05, 3.63) is 66.0 Å². The number of aromatic nitrogens is 3. The van der Waals surface area contributed by atoms with Crippen LogP contribution in [0, 0.1) is 0 Å². The summed E-state index contributed by atoms with van der Waals surface area (Å²) < 4.78 is 2.13. The molecule has 0 aliphatic heterocycles. The number of fused-ring (bicyclic) bond motifs is 3. The second-order valence-corrected chi connectivity index (χ2v) is 6.28. The first-order valence-corrected chi connectivity index (χ1v) is 8.44. The maximum Gasteiger partial charge on any atom is 0.152 e. The Hall–Kier alpha value is -3.41. The summed E-state index contributed by atoms with van der Waals surface area (Å²) in [6.07, 6.45) is 2.68. The van der Waals surface area contributed by atoms with E-state index in [-0.39, 0.29) is 0 Å². The van der Waals surface area contributed by atoms with Crippen molar-refractivity contribution in [2.45, 2.75) is 19.9 Å². The number of hydrogen-bond acceptors (Lipinski definition) is 5. The monoisotopic (exact) mass is 345 g/mol. The standard InChI is InChI=1S/C20H19N5O/c1-13(24-26)15-8-6-14(7-9-15)10-11-25-12-22-18-19(25)16-4-2-3-5-17(16)23-20(18)21/h2-9,12,26H,10-11H2,1H3,(H2,21,23). The Morgan fingerprint density at radius 3 is 2.69 bits per heavy atom. The van der Waals surface area contributed by atoms with Gasteiger partial charge < -0.3 is 15.5 Å². The molecule has 4 aromatic rings. The lowest BCUT2D eigenvalue weighted by atomic mass is 10.1. The number of hydrogen-bond donors (Lipinski definition) is 2. The van der Waals surface area contributed by atoms with E-state index in [1.165, 1.54) is 5.56 Å². The van der Waals surface area contributed by atoms with Crippen molar-refractivity contribution in [2.24, 2.45) is 5.16 Å². The van der Waals surface area contributed by atoms with E-state index in [4.69, 9.17) is 10.9 Å². The highest BCUT2D eigenvalue weighted by molar-refractivity contribution is 6.06. The summed E-state index contributed by atoms with van der Waals surface area (Å²) in [5.74, 6) is 0.459. The first-order valence-electron chi connectivity index (χ1n) is 8.44. The first kappa shape index (κ1) is 16.1. The van der Waals surface area contributed by atoms with Crippen molar-refractivity contribution in [2.75, 3.05) is 5.73 Å². The van der Waals surface area contributed by atoms with Crippen LogP contribution in [0.2, 0.25) is 0 Å². The van der Waals surface area contributed by atoms with Gasteiger partial charge in [-0.3, -0.25) is 0 Å². The van der Waals surface area contributed by atoms with Gasteiger partial charge in [-0.25, -0.2) is 9.97 Å². The van der Waals surface area contributed by atoms with Crippen molar-refractivity contribution in [1.29, 1.82) is 0 Å². The number of benzene rings is 2. The lowest BCUT2D eigenvalue weighted by Crippen LogP contribution is -2.02. The Morgan fingerprint density at radius 2 is 1.92 bits per heavy atom. The van der Waals surface area contributed by atoms with Crippen molar-refractivity contribution in [3.8, 4) is 0 Å². The van der Waals surface area contributed by atoms with Crippen LogP contribution in [-0.2, 0) is 13.0 Å². The number of aryl methyl sites for hydroxylation is 2. The number of oxime groups is 1. The molecule has 0 saturated heterocycles. The molecule has 0 aliphatic rings. The highest BCUT2D eigenvalue weighted by Crippen LogP contribution is 2.27. The van der Waals surface area contributed by atoms with Crippen LogP contribution < -0.4 is 5.73 Å². The average Bonchev–Trinajstić information content (AvgIpc) is 3.11. The van der Waals surface area contributed by atoms with Gasteiger partial charge in [0.1, 0.15) is 5.52 Å². The largest absolute Gasteiger partial charge is 0.411 e. The van der Waals surface area contributed by atoms with E-state index in [0.717, 1.165) is 40.5 Å². The molecule has 0 amide bonds. The fourth-order valence-corrected chi connectivity index (χ4v) is 3.20. The lowest BCUT2D eigenvalue weighted by molar-refractivity contribution is 0.319. The minimum Gasteiger partial charge on any atom is -0.411 e. The number of nitrogens with two attached hydrogens (primary N) is 1. The third-order valence-electron chi connectivity index (χ3n) is 4.64. The Kier molecular flexibility index (Phi) is 4.01. The van der Waals surface area contributed by atoms with Gasteiger partial charge in [-0.15, -0.1) is 0 Å². The molecule has 0 atom stereocenters. The van der Waals surface area contributed by atoms with Crippen LogP contribution in [0.15, 0.2) is 60.0 Å². The summed E-state index contributed by atoms with van der Waals surface area (Å²) in [5.41, 5.74) is 11.4. The van der Waals surface area contributed by atoms with Gasteiger partial charge >= 0.3 is 0 Å². The van der Waals surface area contributed by atoms with Crippen molar-refractivity contribution in [1.82, 2.24) is 14.5 Å². The topological polar surface area (TPSA) is 89.3 Å². The van der Waals surface area contributed by atoms with Gasteiger partial charge in [-0.2, -0.15) is 0 Å². The van der Waals surface area contributed by atoms with Crippen molar-refractivity contribution in [3.63, 3.8) is 0 Å². The number of pyridine rings is 1. The van der Waals surface area contributed by atoms with Crippen LogP contribution in [-0.4, -0.2) is 25.5 Å². The number of nitrogen functional groups attached to an aromatic ring is 1. The van der Waals surface area contributed by atoms with Gasteiger partial charge in [0, 0.05) is 11.9 Å². The van der Waals surface area contributed by atoms with Gasteiger partial charge in [-0.1, -0.05) is 47.6 Å². The summed E-state index contributed by atoms with van der Waals surface area (Å²) in [5, 5.41) is 13.1. The van der Waals surface area contributed by atoms with E-state index >= 15 is 0 Å². The summed E-state index contributed by atoms with van der Waals surface area (Å²) in [7, 11) is 0. The number of nitrogens with zero attached hydrogens (tertiary/aromatic N) is 4. The summed E-state index contributed by atoms with van der Waals surface area (Å²) in [6, 6.07) is 16.0. The van der Waals surface area contributed by atoms with Crippen LogP contribution >= 0.6 is 0 Å². The zero-order chi connectivity index (χ0) is 18.1. The van der Waals surface area contributed by atoms with Gasteiger partial charge in [0.15, 0.2) is 5.82 Å². The van der Waals surface area contributed by atoms with Crippen LogP contribution in [0.1, 0.15) is 18.1 Å². The molecule has 0 aliphatic carbocycles. The smallest absolute Gasteiger partial charge is 0.152 e. The maximum atomic E-state index is 8.86. The summed E-state index contributed by atoms with van der Waals surface area (Å²) >= 11 is 0. The van der Waals surface area contributed by atoms with E-state index in [1.54, 1.807) is 6.92 Å². The molecule has 130 valence electrons. The fourth-order valence-electron chi connectivity index (χ4n) is 3.20. The Morgan fingerprint density at radius 1 is 1.15 bits per heavy atom. The Bertz CT molecular complexity index is 1110. The molecule has 0 radical (unpaired) electrons. The second-order valence-electron chi connectivity index (χ2n) is 6.28. The molecule has 6 nitrogen and oxygen atoms in total. The molecule has 0 bridgehead atoms. The minimum atomic E-state index is 0.459. The van der Waals surface area contributed by atoms with E-state index in [9.17, 15) is 0 Å². The lowest BCUT2D eigenvalue weighted by Gasteiger charge is -2.08. The zero-order valence-electron chi connectivity index (χ0n) is 14.4. The molecule has 6 heteroatoms. The molecule has 4 rings (SSSR count). The highest BCUT2D eigenvalue weighted by Gasteiger charge is 2.12. The predicted octanol–water partition coefficient (Wildman–Crippen LogP) is 3.61. The molecule has 2 heterocycles. The predicted molar refractivity (Wildman–Crippen MR) is 104 cm³/mol.